The molecule has 0 aliphatic carbocycles. The van der Waals surface area contributed by atoms with Crippen LogP contribution in [0, 0.1) is 0 Å². The summed E-state index contributed by atoms with van der Waals surface area (Å²) in [5.74, 6) is 0.581. The Morgan fingerprint density at radius 1 is 0.895 bits per heavy atom. The molecule has 0 aliphatic rings. The maximum Gasteiger partial charge on any atom is 0.258 e. The highest BCUT2D eigenvalue weighted by atomic mass is 16.2. The Morgan fingerprint density at radius 2 is 1.74 bits per heavy atom. The molecule has 2 amide bonds. The third kappa shape index (κ3) is 5.86. The highest BCUT2D eigenvalue weighted by Crippen LogP contribution is 2.22. The molecule has 0 bridgehead atoms. The van der Waals surface area contributed by atoms with Crippen molar-refractivity contribution in [1.29, 1.82) is 0 Å². The van der Waals surface area contributed by atoms with Crippen molar-refractivity contribution in [3.05, 3.63) is 96.7 Å². The third-order valence-electron chi connectivity index (χ3n) is 6.00. The Bertz CT molecular complexity index is 1560. The van der Waals surface area contributed by atoms with Crippen LogP contribution in [0.15, 0.2) is 85.5 Å². The summed E-state index contributed by atoms with van der Waals surface area (Å²) in [5.41, 5.74) is 4.00. The van der Waals surface area contributed by atoms with Crippen molar-refractivity contribution in [3.63, 3.8) is 0 Å². The number of hydrogen-bond donors (Lipinski definition) is 2. The number of carbonyl (C=O) groups excluding carboxylic acids is 2. The summed E-state index contributed by atoms with van der Waals surface area (Å²) in [6, 6.07) is 18.8. The van der Waals surface area contributed by atoms with Crippen LogP contribution in [0.5, 0.6) is 0 Å². The summed E-state index contributed by atoms with van der Waals surface area (Å²) < 4.78 is 5.21. The molecular formula is C28H28N8O2. The lowest BCUT2D eigenvalue weighted by Crippen LogP contribution is -2.15. The van der Waals surface area contributed by atoms with Crippen LogP contribution in [-0.4, -0.2) is 40.9 Å². The first-order valence-electron chi connectivity index (χ1n) is 12.3. The number of aromatic nitrogens is 6. The van der Waals surface area contributed by atoms with Gasteiger partial charge in [0, 0.05) is 62.0 Å². The van der Waals surface area contributed by atoms with Crippen molar-refractivity contribution in [2.24, 2.45) is 14.1 Å². The second-order valence-corrected chi connectivity index (χ2v) is 8.98. The quantitative estimate of drug-likeness (QED) is 0.310. The van der Waals surface area contributed by atoms with Gasteiger partial charge in [0.2, 0.25) is 11.9 Å². The van der Waals surface area contributed by atoms with E-state index in [1.54, 1.807) is 40.9 Å². The molecule has 0 saturated heterocycles. The summed E-state index contributed by atoms with van der Waals surface area (Å²) in [5, 5.41) is 14.1. The molecule has 10 heteroatoms. The normalized spacial score (nSPS) is 10.9. The average Bonchev–Trinajstić information content (AvgIpc) is 3.65. The zero-order valence-corrected chi connectivity index (χ0v) is 21.2. The fourth-order valence-corrected chi connectivity index (χ4v) is 4.12. The Morgan fingerprint density at radius 3 is 2.47 bits per heavy atom. The van der Waals surface area contributed by atoms with Crippen LogP contribution in [-0.2, 0) is 25.3 Å². The number of anilines is 2. The van der Waals surface area contributed by atoms with E-state index in [1.807, 2.05) is 72.5 Å². The van der Waals surface area contributed by atoms with Gasteiger partial charge in [0.05, 0.1) is 11.9 Å². The van der Waals surface area contributed by atoms with Gasteiger partial charge in [-0.2, -0.15) is 10.2 Å². The van der Waals surface area contributed by atoms with Crippen LogP contribution < -0.4 is 10.6 Å². The number of imidazole rings is 1. The summed E-state index contributed by atoms with van der Waals surface area (Å²) in [4.78, 5) is 30.2. The summed E-state index contributed by atoms with van der Waals surface area (Å²) >= 11 is 0. The molecule has 38 heavy (non-hydrogen) atoms. The molecule has 5 rings (SSSR count). The zero-order chi connectivity index (χ0) is 26.5. The molecule has 0 radical (unpaired) electrons. The molecule has 3 aromatic heterocycles. The summed E-state index contributed by atoms with van der Waals surface area (Å²) in [6.45, 7) is 0. The second kappa shape index (κ2) is 11.0. The predicted octanol–water partition coefficient (Wildman–Crippen LogP) is 4.22. The smallest absolute Gasteiger partial charge is 0.258 e. The minimum Gasteiger partial charge on any atom is -0.309 e. The summed E-state index contributed by atoms with van der Waals surface area (Å²) in [7, 11) is 3.65. The fourth-order valence-electron chi connectivity index (χ4n) is 4.12. The lowest BCUT2D eigenvalue weighted by Gasteiger charge is -2.09. The van der Waals surface area contributed by atoms with E-state index in [-0.39, 0.29) is 11.8 Å². The van der Waals surface area contributed by atoms with Gasteiger partial charge < -0.3 is 5.32 Å². The van der Waals surface area contributed by atoms with Crippen LogP contribution in [0.2, 0.25) is 0 Å². The van der Waals surface area contributed by atoms with Gasteiger partial charge in [0.15, 0.2) is 5.82 Å². The number of nitrogens with one attached hydrogen (secondary N) is 2. The van der Waals surface area contributed by atoms with Gasteiger partial charge in [0.1, 0.15) is 0 Å². The van der Waals surface area contributed by atoms with E-state index >= 15 is 0 Å². The van der Waals surface area contributed by atoms with Crippen molar-refractivity contribution < 1.29 is 9.59 Å². The van der Waals surface area contributed by atoms with Gasteiger partial charge >= 0.3 is 0 Å². The molecule has 0 unspecified atom stereocenters. The van der Waals surface area contributed by atoms with E-state index in [9.17, 15) is 9.59 Å². The Balaban J connectivity index is 1.30. The van der Waals surface area contributed by atoms with E-state index in [2.05, 4.69) is 20.8 Å². The first kappa shape index (κ1) is 24.7. The standard InChI is InChI=1S/C28H28N8O2/c1-34-15-14-25(33-34)31-26(37)13-7-10-23-19-36(24-11-4-3-5-12-24)28(30-23)32-27(38)21-9-6-8-20(16-21)22-17-29-35(2)18-22/h3-6,8-9,11-12,14-19H,7,10,13H2,1-2H3,(H,30,32,38)(H,31,33,37). The van der Waals surface area contributed by atoms with Gasteiger partial charge in [-0.05, 0) is 42.7 Å². The lowest BCUT2D eigenvalue weighted by molar-refractivity contribution is -0.116. The van der Waals surface area contributed by atoms with E-state index in [4.69, 9.17) is 4.98 Å². The van der Waals surface area contributed by atoms with Crippen LogP contribution in [0.25, 0.3) is 16.8 Å². The van der Waals surface area contributed by atoms with Crippen molar-refractivity contribution in [1.82, 2.24) is 29.1 Å². The molecule has 3 heterocycles. The van der Waals surface area contributed by atoms with Crippen molar-refractivity contribution >= 4 is 23.6 Å². The first-order chi connectivity index (χ1) is 18.4. The van der Waals surface area contributed by atoms with Gasteiger partial charge in [-0.25, -0.2) is 4.98 Å². The maximum absolute atomic E-state index is 13.2. The molecule has 0 fully saturated rings. The van der Waals surface area contributed by atoms with Crippen molar-refractivity contribution in [3.8, 4) is 16.8 Å². The highest BCUT2D eigenvalue weighted by molar-refractivity contribution is 6.04. The minimum absolute atomic E-state index is 0.104. The topological polar surface area (TPSA) is 112 Å². The number of benzene rings is 2. The van der Waals surface area contributed by atoms with Gasteiger partial charge in [-0.3, -0.25) is 28.8 Å². The molecule has 192 valence electrons. The third-order valence-corrected chi connectivity index (χ3v) is 6.00. The van der Waals surface area contributed by atoms with Gasteiger partial charge in [-0.1, -0.05) is 30.3 Å². The van der Waals surface area contributed by atoms with Gasteiger partial charge in [0.25, 0.3) is 5.91 Å². The first-order valence-corrected chi connectivity index (χ1v) is 12.3. The second-order valence-electron chi connectivity index (χ2n) is 8.98. The van der Waals surface area contributed by atoms with E-state index in [0.29, 0.717) is 36.6 Å². The molecule has 0 aliphatic heterocycles. The molecule has 10 nitrogen and oxygen atoms in total. The minimum atomic E-state index is -0.264. The van der Waals surface area contributed by atoms with Crippen LogP contribution in [0.1, 0.15) is 28.9 Å². The fraction of sp³-hybridized carbons (Fsp3) is 0.179. The number of carbonyl (C=O) groups is 2. The SMILES string of the molecule is Cn1cc(-c2cccc(C(=O)Nc3nc(CCCC(=O)Nc4ccn(C)n4)cn3-c3ccccc3)c2)cn1. The maximum atomic E-state index is 13.2. The van der Waals surface area contributed by atoms with Gasteiger partial charge in [-0.15, -0.1) is 0 Å². The molecule has 2 N–H and O–H groups in total. The Labute approximate surface area is 219 Å². The molecule has 5 aromatic rings. The molecule has 0 spiro atoms. The Hall–Kier alpha value is -4.99. The van der Waals surface area contributed by atoms with E-state index in [0.717, 1.165) is 22.5 Å². The monoisotopic (exact) mass is 508 g/mol. The average molecular weight is 509 g/mol. The van der Waals surface area contributed by atoms with E-state index in [1.165, 1.54) is 0 Å². The number of para-hydroxylation sites is 1. The van der Waals surface area contributed by atoms with Crippen LogP contribution in [0.3, 0.4) is 0 Å². The largest absolute Gasteiger partial charge is 0.309 e. The lowest BCUT2D eigenvalue weighted by atomic mass is 10.1. The zero-order valence-electron chi connectivity index (χ0n) is 21.2. The van der Waals surface area contributed by atoms with Crippen molar-refractivity contribution in [2.45, 2.75) is 19.3 Å². The molecule has 0 atom stereocenters. The van der Waals surface area contributed by atoms with Crippen molar-refractivity contribution in [2.75, 3.05) is 10.6 Å². The number of aryl methyl sites for hydroxylation is 3. The molecule has 0 saturated carbocycles. The Kier molecular flexibility index (Phi) is 7.12. The number of hydrogen-bond acceptors (Lipinski definition) is 5. The summed E-state index contributed by atoms with van der Waals surface area (Å²) in [6.07, 6.45) is 8.85. The highest BCUT2D eigenvalue weighted by Gasteiger charge is 2.15. The predicted molar refractivity (Wildman–Crippen MR) is 145 cm³/mol. The van der Waals surface area contributed by atoms with E-state index < -0.39 is 0 Å². The molecular weight excluding hydrogens is 480 g/mol. The number of rotatable bonds is 9. The number of nitrogens with zero attached hydrogens (tertiary/aromatic N) is 6. The molecule has 2 aromatic carbocycles. The number of amides is 2. The van der Waals surface area contributed by atoms with Crippen LogP contribution >= 0.6 is 0 Å². The van der Waals surface area contributed by atoms with Crippen LogP contribution in [0.4, 0.5) is 11.8 Å².